The predicted molar refractivity (Wildman–Crippen MR) is 122 cm³/mol. The van der Waals surface area contributed by atoms with Gasteiger partial charge < -0.3 is 29.0 Å². The minimum atomic E-state index is -0.621. The number of hydrogen-bond donors (Lipinski definition) is 2. The van der Waals surface area contributed by atoms with Gasteiger partial charge in [-0.1, -0.05) is 11.6 Å². The fourth-order valence-corrected chi connectivity index (χ4v) is 5.23. The standard InChI is InChI=1S/C23H28ClN5O5/c24-15-9-17-22(28-23(27-17)34-19-12-33-20-18(30)11-32-21(19)20)26-16(15)5-4-13-6-7-25-29(13)10-14-3-1-2-8-31-14/h6-7,9,14,18-21,30H,1-5,8,10-12H2,(H,26,27,28)/t14?,18-,19-,20-,21-/m1/s1. The number of aromatic nitrogens is 5. The molecule has 3 aliphatic heterocycles. The maximum absolute atomic E-state index is 9.91. The first-order valence-corrected chi connectivity index (χ1v) is 12.3. The molecule has 3 saturated heterocycles. The van der Waals surface area contributed by atoms with Crippen LogP contribution in [-0.2, 0) is 33.6 Å². The highest BCUT2D eigenvalue weighted by atomic mass is 35.5. The summed E-state index contributed by atoms with van der Waals surface area (Å²) in [6.45, 7) is 2.20. The highest BCUT2D eigenvalue weighted by Gasteiger charge is 2.48. The molecule has 3 aliphatic rings. The van der Waals surface area contributed by atoms with Gasteiger partial charge in [0.25, 0.3) is 6.01 Å². The van der Waals surface area contributed by atoms with Crippen molar-refractivity contribution < 1.29 is 24.1 Å². The van der Waals surface area contributed by atoms with E-state index in [1.165, 1.54) is 6.42 Å². The van der Waals surface area contributed by atoms with Crippen molar-refractivity contribution in [2.24, 2.45) is 0 Å². The molecule has 11 heteroatoms. The number of aryl methyl sites for hydroxylation is 2. The topological polar surface area (TPSA) is 117 Å². The lowest BCUT2D eigenvalue weighted by Gasteiger charge is -2.23. The Hall–Kier alpha value is -2.24. The number of halogens is 1. The van der Waals surface area contributed by atoms with E-state index in [2.05, 4.69) is 20.1 Å². The van der Waals surface area contributed by atoms with Crippen LogP contribution < -0.4 is 4.74 Å². The Balaban J connectivity index is 1.12. The SMILES string of the molecule is O[C@@H]1CO[C@H]2[C@@H]1OC[C@H]2Oc1nc2nc(CCc3ccnn3CC3CCCCO3)c(Cl)cc2[nH]1. The molecule has 5 atom stereocenters. The van der Waals surface area contributed by atoms with Crippen LogP contribution in [0.1, 0.15) is 30.7 Å². The van der Waals surface area contributed by atoms with Crippen LogP contribution in [0.2, 0.25) is 5.02 Å². The Morgan fingerprint density at radius 3 is 2.94 bits per heavy atom. The molecule has 6 heterocycles. The van der Waals surface area contributed by atoms with Crippen molar-refractivity contribution in [3.63, 3.8) is 0 Å². The van der Waals surface area contributed by atoms with E-state index >= 15 is 0 Å². The quantitative estimate of drug-likeness (QED) is 0.518. The van der Waals surface area contributed by atoms with Crippen LogP contribution in [0.3, 0.4) is 0 Å². The monoisotopic (exact) mass is 489 g/mol. The molecule has 3 aromatic rings. The van der Waals surface area contributed by atoms with E-state index in [4.69, 9.17) is 30.5 Å². The third kappa shape index (κ3) is 4.40. The summed E-state index contributed by atoms with van der Waals surface area (Å²) in [5.41, 5.74) is 3.15. The zero-order chi connectivity index (χ0) is 23.1. The number of nitrogens with zero attached hydrogens (tertiary/aromatic N) is 4. The number of hydrogen-bond acceptors (Lipinski definition) is 8. The second-order valence-corrected chi connectivity index (χ2v) is 9.55. The zero-order valence-electron chi connectivity index (χ0n) is 18.7. The third-order valence-corrected chi connectivity index (χ3v) is 7.12. The number of ether oxygens (including phenoxy) is 4. The number of aliphatic hydroxyl groups excluding tert-OH is 1. The van der Waals surface area contributed by atoms with Crippen LogP contribution in [0.25, 0.3) is 11.2 Å². The van der Waals surface area contributed by atoms with E-state index in [0.717, 1.165) is 43.8 Å². The van der Waals surface area contributed by atoms with Crippen molar-refractivity contribution in [2.75, 3.05) is 19.8 Å². The Morgan fingerprint density at radius 2 is 2.06 bits per heavy atom. The Bertz CT molecular complexity index is 1150. The average Bonchev–Trinajstić information content (AvgIpc) is 3.61. The van der Waals surface area contributed by atoms with Crippen LogP contribution in [0.15, 0.2) is 18.3 Å². The summed E-state index contributed by atoms with van der Waals surface area (Å²) in [7, 11) is 0. The van der Waals surface area contributed by atoms with Crippen LogP contribution in [-0.4, -0.2) is 80.2 Å². The molecule has 3 fully saturated rings. The molecule has 0 spiro atoms. The number of aromatic amines is 1. The molecule has 182 valence electrons. The number of fused-ring (bicyclic) bond motifs is 2. The summed E-state index contributed by atoms with van der Waals surface area (Å²) in [5, 5.41) is 15.0. The molecule has 0 bridgehead atoms. The van der Waals surface area contributed by atoms with Crippen molar-refractivity contribution in [1.82, 2.24) is 24.7 Å². The lowest BCUT2D eigenvalue weighted by Crippen LogP contribution is -2.34. The van der Waals surface area contributed by atoms with Gasteiger partial charge in [0.1, 0.15) is 18.3 Å². The van der Waals surface area contributed by atoms with Crippen LogP contribution in [0, 0.1) is 0 Å². The van der Waals surface area contributed by atoms with Gasteiger partial charge in [0.05, 0.1) is 42.1 Å². The number of rotatable bonds is 7. The summed E-state index contributed by atoms with van der Waals surface area (Å²) >= 11 is 6.55. The lowest BCUT2D eigenvalue weighted by atomic mass is 10.1. The average molecular weight is 490 g/mol. The fraction of sp³-hybridized carbons (Fsp3) is 0.609. The second-order valence-electron chi connectivity index (χ2n) is 9.14. The number of nitrogens with one attached hydrogen (secondary N) is 1. The van der Waals surface area contributed by atoms with Gasteiger partial charge in [-0.05, 0) is 44.2 Å². The maximum atomic E-state index is 9.91. The third-order valence-electron chi connectivity index (χ3n) is 6.80. The molecule has 1 unspecified atom stereocenters. The van der Waals surface area contributed by atoms with E-state index in [0.29, 0.717) is 35.2 Å². The minimum absolute atomic E-state index is 0.228. The largest absolute Gasteiger partial charge is 0.456 e. The molecule has 0 radical (unpaired) electrons. The molecule has 0 amide bonds. The highest BCUT2D eigenvalue weighted by molar-refractivity contribution is 6.31. The first-order chi connectivity index (χ1) is 16.6. The number of pyridine rings is 1. The first-order valence-electron chi connectivity index (χ1n) is 11.9. The molecular weight excluding hydrogens is 462 g/mol. The number of aliphatic hydroxyl groups is 1. The van der Waals surface area contributed by atoms with Gasteiger partial charge in [0, 0.05) is 18.5 Å². The lowest BCUT2D eigenvalue weighted by molar-refractivity contribution is 0.00352. The van der Waals surface area contributed by atoms with E-state index in [9.17, 15) is 5.11 Å². The van der Waals surface area contributed by atoms with Gasteiger partial charge in [0.2, 0.25) is 0 Å². The summed E-state index contributed by atoms with van der Waals surface area (Å²) in [5.74, 6) is 0. The van der Waals surface area contributed by atoms with E-state index in [-0.39, 0.29) is 31.0 Å². The second kappa shape index (κ2) is 9.43. The summed E-state index contributed by atoms with van der Waals surface area (Å²) < 4.78 is 25.1. The molecule has 34 heavy (non-hydrogen) atoms. The predicted octanol–water partition coefficient (Wildman–Crippen LogP) is 2.07. The van der Waals surface area contributed by atoms with Gasteiger partial charge in [-0.25, -0.2) is 4.98 Å². The van der Waals surface area contributed by atoms with Gasteiger partial charge >= 0.3 is 0 Å². The number of imidazole rings is 1. The van der Waals surface area contributed by atoms with Crippen molar-refractivity contribution in [2.45, 2.75) is 69.2 Å². The fourth-order valence-electron chi connectivity index (χ4n) is 4.98. The minimum Gasteiger partial charge on any atom is -0.456 e. The maximum Gasteiger partial charge on any atom is 0.296 e. The molecular formula is C23H28ClN5O5. The van der Waals surface area contributed by atoms with Gasteiger partial charge in [-0.3, -0.25) is 4.68 Å². The van der Waals surface area contributed by atoms with Crippen LogP contribution >= 0.6 is 11.6 Å². The smallest absolute Gasteiger partial charge is 0.296 e. The van der Waals surface area contributed by atoms with Crippen molar-refractivity contribution >= 4 is 22.8 Å². The van der Waals surface area contributed by atoms with E-state index < -0.39 is 6.10 Å². The zero-order valence-corrected chi connectivity index (χ0v) is 19.5. The van der Waals surface area contributed by atoms with Crippen molar-refractivity contribution in [3.05, 3.63) is 34.7 Å². The number of H-pyrrole nitrogens is 1. The molecule has 0 aromatic carbocycles. The van der Waals surface area contributed by atoms with Gasteiger partial charge in [-0.2, -0.15) is 10.1 Å². The molecule has 0 aliphatic carbocycles. The molecule has 3 aromatic heterocycles. The normalized spacial score (nSPS) is 29.1. The highest BCUT2D eigenvalue weighted by Crippen LogP contribution is 2.30. The van der Waals surface area contributed by atoms with Crippen molar-refractivity contribution in [3.8, 4) is 6.01 Å². The molecule has 10 nitrogen and oxygen atoms in total. The Kier molecular flexibility index (Phi) is 6.17. The molecule has 2 N–H and O–H groups in total. The van der Waals surface area contributed by atoms with E-state index in [1.54, 1.807) is 0 Å². The molecule has 6 rings (SSSR count). The Labute approximate surface area is 201 Å². The first kappa shape index (κ1) is 22.2. The Morgan fingerprint density at radius 1 is 1.15 bits per heavy atom. The van der Waals surface area contributed by atoms with Crippen LogP contribution in [0.5, 0.6) is 6.01 Å². The summed E-state index contributed by atoms with van der Waals surface area (Å²) in [6.07, 6.45) is 5.29. The van der Waals surface area contributed by atoms with Crippen LogP contribution in [0.4, 0.5) is 0 Å². The van der Waals surface area contributed by atoms with E-state index in [1.807, 2.05) is 23.0 Å². The van der Waals surface area contributed by atoms with Gasteiger partial charge in [-0.15, -0.1) is 0 Å². The summed E-state index contributed by atoms with van der Waals surface area (Å²) in [4.78, 5) is 12.3. The summed E-state index contributed by atoms with van der Waals surface area (Å²) in [6, 6.07) is 4.20. The van der Waals surface area contributed by atoms with Gasteiger partial charge in [0.15, 0.2) is 11.8 Å². The van der Waals surface area contributed by atoms with Crippen molar-refractivity contribution in [1.29, 1.82) is 0 Å². The molecule has 0 saturated carbocycles.